The average Bonchev–Trinajstić information content (AvgIpc) is 2.72. The van der Waals surface area contributed by atoms with Gasteiger partial charge in [0.05, 0.1) is 6.61 Å². The minimum atomic E-state index is -0.438. The van der Waals surface area contributed by atoms with Crippen LogP contribution < -0.4 is 0 Å². The van der Waals surface area contributed by atoms with Crippen LogP contribution in [0, 0.1) is 5.92 Å². The number of hydrogen-bond acceptors (Lipinski definition) is 5. The lowest BCUT2D eigenvalue weighted by atomic mass is 10.1. The molecule has 1 aliphatic heterocycles. The number of amides is 1. The second kappa shape index (κ2) is 6.61. The molecule has 1 atom stereocenters. The molecular weight excluding hydrogens is 270 g/mol. The zero-order valence-corrected chi connectivity index (χ0v) is 13.0. The Morgan fingerprint density at radius 2 is 2.17 bits per heavy atom. The molecule has 0 saturated carbocycles. The lowest BCUT2D eigenvalue weighted by molar-refractivity contribution is 0.0284. The smallest absolute Gasteiger partial charge is 0.410 e. The summed E-state index contributed by atoms with van der Waals surface area (Å²) in [6, 6.07) is 0. The third-order valence-corrected chi connectivity index (χ3v) is 3.61. The standard InChI is InChI=1S/C12H21NO3S2/c1-12(2,3)16-10(14)13-6-5-9(7-13)8-15-11(17)18-4/h9H,5-8H2,1-4H3/t9-/m0/s1. The predicted octanol–water partition coefficient (Wildman–Crippen LogP) is 2.91. The van der Waals surface area contributed by atoms with Crippen LogP contribution in [0.15, 0.2) is 0 Å². The van der Waals surface area contributed by atoms with Crippen molar-refractivity contribution in [3.63, 3.8) is 0 Å². The number of ether oxygens (including phenoxy) is 2. The maximum Gasteiger partial charge on any atom is 0.410 e. The van der Waals surface area contributed by atoms with Crippen LogP contribution in [0.3, 0.4) is 0 Å². The minimum Gasteiger partial charge on any atom is -0.478 e. The van der Waals surface area contributed by atoms with Crippen LogP contribution in [0.1, 0.15) is 27.2 Å². The van der Waals surface area contributed by atoms with E-state index in [1.807, 2.05) is 27.0 Å². The third-order valence-electron chi connectivity index (χ3n) is 2.54. The van der Waals surface area contributed by atoms with Crippen molar-refractivity contribution in [2.24, 2.45) is 5.92 Å². The monoisotopic (exact) mass is 291 g/mol. The molecule has 104 valence electrons. The molecule has 0 N–H and O–H groups in total. The number of carbonyl (C=O) groups excluding carboxylic acids is 1. The minimum absolute atomic E-state index is 0.238. The summed E-state index contributed by atoms with van der Waals surface area (Å²) < 4.78 is 11.3. The fraction of sp³-hybridized carbons (Fsp3) is 0.833. The van der Waals surface area contributed by atoms with Crippen molar-refractivity contribution in [3.8, 4) is 0 Å². The van der Waals surface area contributed by atoms with Crippen LogP contribution in [-0.2, 0) is 9.47 Å². The molecule has 6 heteroatoms. The van der Waals surface area contributed by atoms with Gasteiger partial charge in [-0.2, -0.15) is 0 Å². The predicted molar refractivity (Wildman–Crippen MR) is 78.0 cm³/mol. The quantitative estimate of drug-likeness (QED) is 0.731. The van der Waals surface area contributed by atoms with E-state index >= 15 is 0 Å². The van der Waals surface area contributed by atoms with Gasteiger partial charge in [0.2, 0.25) is 4.38 Å². The Labute approximate surface area is 118 Å². The summed E-state index contributed by atoms with van der Waals surface area (Å²) in [5.41, 5.74) is -0.438. The Morgan fingerprint density at radius 1 is 1.50 bits per heavy atom. The molecule has 0 aromatic heterocycles. The van der Waals surface area contributed by atoms with Gasteiger partial charge in [-0.1, -0.05) is 11.8 Å². The number of thiocarbonyl (C=S) groups is 1. The van der Waals surface area contributed by atoms with Crippen LogP contribution in [0.5, 0.6) is 0 Å². The first-order chi connectivity index (χ1) is 8.31. The van der Waals surface area contributed by atoms with Gasteiger partial charge >= 0.3 is 6.09 Å². The van der Waals surface area contributed by atoms with Gasteiger partial charge in [0, 0.05) is 19.0 Å². The summed E-state index contributed by atoms with van der Waals surface area (Å²) in [5, 5.41) is 0. The first-order valence-electron chi connectivity index (χ1n) is 6.00. The molecule has 4 nitrogen and oxygen atoms in total. The fourth-order valence-electron chi connectivity index (χ4n) is 1.71. The van der Waals surface area contributed by atoms with Crippen molar-refractivity contribution in [2.45, 2.75) is 32.8 Å². The fourth-order valence-corrected chi connectivity index (χ4v) is 1.96. The highest BCUT2D eigenvalue weighted by atomic mass is 32.2. The molecule has 1 heterocycles. The largest absolute Gasteiger partial charge is 0.478 e. The molecule has 0 unspecified atom stereocenters. The summed E-state index contributed by atoms with van der Waals surface area (Å²) in [6.07, 6.45) is 2.60. The van der Waals surface area contributed by atoms with E-state index < -0.39 is 5.60 Å². The summed E-state index contributed by atoms with van der Waals surface area (Å²) in [6.45, 7) is 7.62. The van der Waals surface area contributed by atoms with Gasteiger partial charge in [0.1, 0.15) is 5.60 Å². The molecule has 1 saturated heterocycles. The zero-order valence-electron chi connectivity index (χ0n) is 11.4. The van der Waals surface area contributed by atoms with E-state index in [0.29, 0.717) is 23.5 Å². The highest BCUT2D eigenvalue weighted by Crippen LogP contribution is 2.20. The van der Waals surface area contributed by atoms with Crippen molar-refractivity contribution in [2.75, 3.05) is 26.0 Å². The van der Waals surface area contributed by atoms with Gasteiger partial charge in [-0.05, 0) is 45.7 Å². The molecule has 1 fully saturated rings. The number of carbonyl (C=O) groups is 1. The van der Waals surface area contributed by atoms with E-state index in [4.69, 9.17) is 21.7 Å². The van der Waals surface area contributed by atoms with E-state index in [0.717, 1.165) is 13.0 Å². The highest BCUT2D eigenvalue weighted by Gasteiger charge is 2.30. The normalized spacial score (nSPS) is 19.8. The Balaban J connectivity index is 2.32. The second-order valence-corrected chi connectivity index (χ2v) is 6.75. The van der Waals surface area contributed by atoms with Crippen molar-refractivity contribution >= 4 is 34.5 Å². The Hall–Kier alpha value is -0.490. The van der Waals surface area contributed by atoms with E-state index in [2.05, 4.69) is 0 Å². The topological polar surface area (TPSA) is 38.8 Å². The molecular formula is C12H21NO3S2. The molecule has 1 aliphatic rings. The Bertz CT molecular complexity index is 315. The van der Waals surface area contributed by atoms with E-state index in [1.165, 1.54) is 11.8 Å². The van der Waals surface area contributed by atoms with Gasteiger partial charge in [-0.25, -0.2) is 4.79 Å². The van der Waals surface area contributed by atoms with E-state index in [-0.39, 0.29) is 6.09 Å². The Kier molecular flexibility index (Phi) is 5.72. The van der Waals surface area contributed by atoms with Crippen LogP contribution in [0.4, 0.5) is 4.79 Å². The number of nitrogens with zero attached hydrogens (tertiary/aromatic N) is 1. The molecule has 0 aromatic carbocycles. The average molecular weight is 291 g/mol. The van der Waals surface area contributed by atoms with Gasteiger partial charge in [-0.15, -0.1) is 0 Å². The van der Waals surface area contributed by atoms with Crippen molar-refractivity contribution in [3.05, 3.63) is 0 Å². The number of likely N-dealkylation sites (tertiary alicyclic amines) is 1. The van der Waals surface area contributed by atoms with Crippen LogP contribution in [0.25, 0.3) is 0 Å². The van der Waals surface area contributed by atoms with Gasteiger partial charge < -0.3 is 14.4 Å². The molecule has 0 bridgehead atoms. The molecule has 0 aromatic rings. The summed E-state index contributed by atoms with van der Waals surface area (Å²) >= 11 is 6.41. The Morgan fingerprint density at radius 3 is 2.72 bits per heavy atom. The van der Waals surface area contributed by atoms with Crippen molar-refractivity contribution < 1.29 is 14.3 Å². The summed E-state index contributed by atoms with van der Waals surface area (Å²) in [4.78, 5) is 13.6. The van der Waals surface area contributed by atoms with Crippen LogP contribution in [-0.4, -0.2) is 46.9 Å². The molecule has 1 amide bonds. The highest BCUT2D eigenvalue weighted by molar-refractivity contribution is 8.22. The first kappa shape index (κ1) is 15.6. The van der Waals surface area contributed by atoms with Crippen molar-refractivity contribution in [1.29, 1.82) is 0 Å². The number of hydrogen-bond donors (Lipinski definition) is 0. The van der Waals surface area contributed by atoms with Crippen LogP contribution >= 0.6 is 24.0 Å². The second-order valence-electron chi connectivity index (χ2n) is 5.35. The molecule has 1 rings (SSSR count). The molecule has 0 spiro atoms. The summed E-state index contributed by atoms with van der Waals surface area (Å²) in [7, 11) is 0. The van der Waals surface area contributed by atoms with Crippen molar-refractivity contribution in [1.82, 2.24) is 4.90 Å². The molecule has 0 radical (unpaired) electrons. The van der Waals surface area contributed by atoms with E-state index in [9.17, 15) is 4.79 Å². The summed E-state index contributed by atoms with van der Waals surface area (Å²) in [5.74, 6) is 0.350. The lowest BCUT2D eigenvalue weighted by Crippen LogP contribution is -2.35. The molecule has 0 aliphatic carbocycles. The maximum atomic E-state index is 11.8. The van der Waals surface area contributed by atoms with Crippen LogP contribution in [0.2, 0.25) is 0 Å². The maximum absolute atomic E-state index is 11.8. The van der Waals surface area contributed by atoms with Gasteiger partial charge in [0.15, 0.2) is 0 Å². The SMILES string of the molecule is CSC(=S)OC[C@H]1CCN(C(=O)OC(C)(C)C)C1. The lowest BCUT2D eigenvalue weighted by Gasteiger charge is -2.24. The third kappa shape index (κ3) is 5.44. The zero-order chi connectivity index (χ0) is 13.8. The first-order valence-corrected chi connectivity index (χ1v) is 7.64. The van der Waals surface area contributed by atoms with E-state index in [1.54, 1.807) is 4.90 Å². The van der Waals surface area contributed by atoms with Gasteiger partial charge in [-0.3, -0.25) is 0 Å². The number of rotatable bonds is 2. The van der Waals surface area contributed by atoms with Gasteiger partial charge in [0.25, 0.3) is 0 Å². The number of thioether (sulfide) groups is 1. The molecule has 18 heavy (non-hydrogen) atoms.